The first-order valence-corrected chi connectivity index (χ1v) is 4.49. The van der Waals surface area contributed by atoms with E-state index in [0.717, 1.165) is 0 Å². The molecule has 0 heterocycles. The van der Waals surface area contributed by atoms with Crippen molar-refractivity contribution >= 4 is 17.7 Å². The van der Waals surface area contributed by atoms with Crippen LogP contribution in [-0.2, 0) is 9.53 Å². The fourth-order valence-corrected chi connectivity index (χ4v) is 0.593. The Morgan fingerprint density at radius 3 is 2.73 bits per heavy atom. The van der Waals surface area contributed by atoms with E-state index in [4.69, 9.17) is 15.6 Å². The molecule has 0 saturated heterocycles. The molecule has 0 aliphatic carbocycles. The van der Waals surface area contributed by atoms with Crippen molar-refractivity contribution < 1.29 is 14.6 Å². The first-order valence-electron chi connectivity index (χ1n) is 3.20. The fraction of sp³-hybridized carbons (Fsp3) is 0.833. The summed E-state index contributed by atoms with van der Waals surface area (Å²) in [7, 11) is 0. The van der Waals surface area contributed by atoms with Gasteiger partial charge in [0.15, 0.2) is 0 Å². The van der Waals surface area contributed by atoms with Crippen LogP contribution in [0.5, 0.6) is 0 Å². The highest BCUT2D eigenvalue weighted by Gasteiger charge is 2.12. The second kappa shape index (κ2) is 5.40. The lowest BCUT2D eigenvalue weighted by Crippen LogP contribution is -2.35. The Morgan fingerprint density at radius 1 is 1.82 bits per heavy atom. The predicted molar refractivity (Wildman–Crippen MR) is 44.5 cm³/mol. The van der Waals surface area contributed by atoms with Crippen molar-refractivity contribution in [3.63, 3.8) is 0 Å². The average molecular weight is 179 g/mol. The minimum absolute atomic E-state index is 0.000370. The third-order valence-electron chi connectivity index (χ3n) is 1.16. The zero-order valence-electron chi connectivity index (χ0n) is 6.61. The van der Waals surface area contributed by atoms with Crippen LogP contribution in [0.3, 0.4) is 0 Å². The number of carboxylic acids is 1. The van der Waals surface area contributed by atoms with E-state index in [2.05, 4.69) is 0 Å². The number of nitrogens with two attached hydrogens (primary N) is 1. The molecule has 11 heavy (non-hydrogen) atoms. The van der Waals surface area contributed by atoms with Gasteiger partial charge in [-0.3, -0.25) is 4.79 Å². The van der Waals surface area contributed by atoms with Gasteiger partial charge >= 0.3 is 5.97 Å². The SMILES string of the molecule is CSC(C)OCC(N)C(=O)O. The normalized spacial score (nSPS) is 15.9. The molecule has 0 amide bonds. The van der Waals surface area contributed by atoms with Crippen molar-refractivity contribution in [2.24, 2.45) is 5.73 Å². The molecule has 0 radical (unpaired) electrons. The minimum Gasteiger partial charge on any atom is -0.480 e. The zero-order chi connectivity index (χ0) is 8.85. The number of thioether (sulfide) groups is 1. The number of hydrogen-bond donors (Lipinski definition) is 2. The van der Waals surface area contributed by atoms with Gasteiger partial charge < -0.3 is 15.6 Å². The van der Waals surface area contributed by atoms with Crippen LogP contribution in [0, 0.1) is 0 Å². The maximum absolute atomic E-state index is 10.2. The standard InChI is InChI=1S/C6H13NO3S/c1-4(11-2)10-3-5(7)6(8)9/h4-5H,3,7H2,1-2H3,(H,8,9). The number of carbonyl (C=O) groups is 1. The summed E-state index contributed by atoms with van der Waals surface area (Å²) in [5.74, 6) is -1.03. The summed E-state index contributed by atoms with van der Waals surface area (Å²) in [6.45, 7) is 1.91. The lowest BCUT2D eigenvalue weighted by Gasteiger charge is -2.11. The Kier molecular flexibility index (Phi) is 5.27. The molecule has 0 aromatic carbocycles. The Hall–Kier alpha value is -0.260. The summed E-state index contributed by atoms with van der Waals surface area (Å²) in [4.78, 5) is 10.2. The van der Waals surface area contributed by atoms with E-state index in [0.29, 0.717) is 0 Å². The molecule has 4 nitrogen and oxygen atoms in total. The molecular formula is C6H13NO3S. The van der Waals surface area contributed by atoms with Crippen LogP contribution in [0.25, 0.3) is 0 Å². The van der Waals surface area contributed by atoms with Crippen LogP contribution < -0.4 is 5.73 Å². The molecule has 0 bridgehead atoms. The van der Waals surface area contributed by atoms with Gasteiger partial charge in [-0.2, -0.15) is 0 Å². The molecule has 0 spiro atoms. The van der Waals surface area contributed by atoms with Gasteiger partial charge in [-0.1, -0.05) is 0 Å². The third-order valence-corrected chi connectivity index (χ3v) is 1.96. The molecule has 0 aromatic rings. The van der Waals surface area contributed by atoms with Gasteiger partial charge in [-0.25, -0.2) is 0 Å². The van der Waals surface area contributed by atoms with Crippen molar-refractivity contribution in [2.75, 3.05) is 12.9 Å². The van der Waals surface area contributed by atoms with E-state index in [-0.39, 0.29) is 12.0 Å². The Labute approximate surface area is 70.1 Å². The first kappa shape index (κ1) is 10.7. The molecule has 0 saturated carbocycles. The Morgan fingerprint density at radius 2 is 2.36 bits per heavy atom. The molecule has 0 aliphatic heterocycles. The van der Waals surface area contributed by atoms with E-state index in [1.807, 2.05) is 13.2 Å². The van der Waals surface area contributed by atoms with E-state index < -0.39 is 12.0 Å². The smallest absolute Gasteiger partial charge is 0.322 e. The topological polar surface area (TPSA) is 72.5 Å². The Balaban J connectivity index is 3.45. The summed E-state index contributed by atoms with van der Waals surface area (Å²) in [5.41, 5.74) is 5.19. The average Bonchev–Trinajstić information content (AvgIpc) is 1.99. The van der Waals surface area contributed by atoms with Crippen LogP contribution in [0.1, 0.15) is 6.92 Å². The van der Waals surface area contributed by atoms with E-state index in [1.165, 1.54) is 11.8 Å². The second-order valence-electron chi connectivity index (χ2n) is 2.08. The maximum Gasteiger partial charge on any atom is 0.322 e. The van der Waals surface area contributed by atoms with E-state index in [1.54, 1.807) is 0 Å². The highest BCUT2D eigenvalue weighted by atomic mass is 32.2. The van der Waals surface area contributed by atoms with Crippen molar-refractivity contribution in [3.05, 3.63) is 0 Å². The van der Waals surface area contributed by atoms with Crippen LogP contribution >= 0.6 is 11.8 Å². The van der Waals surface area contributed by atoms with Gasteiger partial charge in [0, 0.05) is 0 Å². The maximum atomic E-state index is 10.2. The van der Waals surface area contributed by atoms with Crippen LogP contribution in [0.15, 0.2) is 0 Å². The van der Waals surface area contributed by atoms with Crippen molar-refractivity contribution in [1.82, 2.24) is 0 Å². The molecule has 0 aliphatic rings. The van der Waals surface area contributed by atoms with Gasteiger partial charge in [0.1, 0.15) is 6.04 Å². The van der Waals surface area contributed by atoms with Crippen molar-refractivity contribution in [3.8, 4) is 0 Å². The lowest BCUT2D eigenvalue weighted by molar-refractivity contribution is -0.140. The van der Waals surface area contributed by atoms with Gasteiger partial charge in [-0.15, -0.1) is 11.8 Å². The molecule has 0 fully saturated rings. The summed E-state index contributed by atoms with van der Waals surface area (Å²) in [5, 5.41) is 8.36. The highest BCUT2D eigenvalue weighted by Crippen LogP contribution is 2.05. The number of aliphatic carboxylic acids is 1. The number of ether oxygens (including phenoxy) is 1. The molecule has 0 rings (SSSR count). The molecule has 3 N–H and O–H groups in total. The molecule has 2 unspecified atom stereocenters. The number of rotatable bonds is 5. The molecule has 66 valence electrons. The summed E-state index contributed by atoms with van der Waals surface area (Å²) >= 11 is 1.51. The lowest BCUT2D eigenvalue weighted by atomic mass is 10.3. The second-order valence-corrected chi connectivity index (χ2v) is 3.22. The van der Waals surface area contributed by atoms with Gasteiger partial charge in [0.25, 0.3) is 0 Å². The highest BCUT2D eigenvalue weighted by molar-refractivity contribution is 7.99. The number of hydrogen-bond acceptors (Lipinski definition) is 4. The quantitative estimate of drug-likeness (QED) is 0.587. The predicted octanol–water partition coefficient (Wildman–Crippen LogP) is 0.124. The third kappa shape index (κ3) is 5.06. The molecule has 0 aromatic heterocycles. The van der Waals surface area contributed by atoms with Crippen LogP contribution in [-0.4, -0.2) is 35.4 Å². The summed E-state index contributed by atoms with van der Waals surface area (Å²) in [6.07, 6.45) is 1.89. The van der Waals surface area contributed by atoms with E-state index in [9.17, 15) is 4.79 Å². The van der Waals surface area contributed by atoms with Crippen molar-refractivity contribution in [2.45, 2.75) is 18.4 Å². The summed E-state index contributed by atoms with van der Waals surface area (Å²) in [6, 6.07) is -0.912. The fourth-order valence-electron chi connectivity index (χ4n) is 0.379. The molecular weight excluding hydrogens is 166 g/mol. The molecule has 2 atom stereocenters. The monoisotopic (exact) mass is 179 g/mol. The van der Waals surface area contributed by atoms with Crippen LogP contribution in [0.2, 0.25) is 0 Å². The van der Waals surface area contributed by atoms with Crippen LogP contribution in [0.4, 0.5) is 0 Å². The Bertz CT molecular complexity index is 131. The summed E-state index contributed by atoms with van der Waals surface area (Å²) < 4.78 is 5.07. The van der Waals surface area contributed by atoms with E-state index >= 15 is 0 Å². The van der Waals surface area contributed by atoms with Crippen molar-refractivity contribution in [1.29, 1.82) is 0 Å². The van der Waals surface area contributed by atoms with Gasteiger partial charge in [0.05, 0.1) is 12.0 Å². The van der Waals surface area contributed by atoms with Gasteiger partial charge in [-0.05, 0) is 13.2 Å². The van der Waals surface area contributed by atoms with Gasteiger partial charge in [0.2, 0.25) is 0 Å². The zero-order valence-corrected chi connectivity index (χ0v) is 7.43. The first-order chi connectivity index (χ1) is 5.07. The number of carboxylic acid groups (broad SMARTS) is 1. The minimum atomic E-state index is -1.03. The largest absolute Gasteiger partial charge is 0.480 e. The molecule has 5 heteroatoms.